The van der Waals surface area contributed by atoms with Gasteiger partial charge in [0.25, 0.3) is 5.56 Å². The molecule has 1 N–H and O–H groups in total. The van der Waals surface area contributed by atoms with Crippen molar-refractivity contribution in [1.29, 1.82) is 0 Å². The summed E-state index contributed by atoms with van der Waals surface area (Å²) >= 11 is 2.98. The second-order valence-corrected chi connectivity index (χ2v) is 7.10. The predicted octanol–water partition coefficient (Wildman–Crippen LogP) is 3.45. The van der Waals surface area contributed by atoms with E-state index >= 15 is 0 Å². The molecule has 6 nitrogen and oxygen atoms in total. The molecule has 3 aromatic heterocycles. The van der Waals surface area contributed by atoms with Crippen LogP contribution >= 0.6 is 23.1 Å². The monoisotopic (exact) mass is 371 g/mol. The molecule has 0 fully saturated rings. The first-order valence-corrected chi connectivity index (χ1v) is 9.72. The molecule has 4 aromatic rings. The van der Waals surface area contributed by atoms with Crippen LogP contribution in [0.2, 0.25) is 0 Å². The zero-order valence-corrected chi connectivity index (χ0v) is 14.8. The Labute approximate surface area is 150 Å². The third-order valence-electron chi connectivity index (χ3n) is 3.80. The Morgan fingerprint density at radius 1 is 1.32 bits per heavy atom. The van der Waals surface area contributed by atoms with Gasteiger partial charge in [-0.15, -0.1) is 11.3 Å². The number of carbonyl (C=O) groups is 1. The van der Waals surface area contributed by atoms with E-state index in [4.69, 9.17) is 4.42 Å². The molecule has 25 heavy (non-hydrogen) atoms. The number of thiophene rings is 1. The Hall–Kier alpha value is -2.58. The van der Waals surface area contributed by atoms with Crippen LogP contribution in [0, 0.1) is 0 Å². The molecule has 0 atom stereocenters. The molecule has 0 radical (unpaired) electrons. The minimum Gasteiger partial charge on any atom is -0.451 e. The minimum absolute atomic E-state index is 0.216. The number of hydrogen-bond donors (Lipinski definition) is 1. The molecular formula is C17H13N3O3S2. The first-order chi connectivity index (χ1) is 12.2. The summed E-state index contributed by atoms with van der Waals surface area (Å²) in [5.74, 6) is 0.378. The molecule has 0 saturated carbocycles. The Morgan fingerprint density at radius 2 is 2.16 bits per heavy atom. The van der Waals surface area contributed by atoms with Crippen LogP contribution in [0.5, 0.6) is 0 Å². The maximum Gasteiger partial charge on any atom is 0.306 e. The maximum atomic E-state index is 12.7. The van der Waals surface area contributed by atoms with E-state index in [1.54, 1.807) is 23.2 Å². The highest BCUT2D eigenvalue weighted by Gasteiger charge is 2.21. The summed E-state index contributed by atoms with van der Waals surface area (Å²) in [6.07, 6.45) is 3.28. The van der Waals surface area contributed by atoms with Crippen molar-refractivity contribution in [2.45, 2.75) is 5.75 Å². The van der Waals surface area contributed by atoms with Gasteiger partial charge in [-0.1, -0.05) is 18.2 Å². The molecule has 0 aliphatic carbocycles. The zero-order valence-electron chi connectivity index (χ0n) is 13.2. The van der Waals surface area contributed by atoms with Crippen LogP contribution in [0.3, 0.4) is 0 Å². The van der Waals surface area contributed by atoms with E-state index < -0.39 is 5.91 Å². The van der Waals surface area contributed by atoms with E-state index in [1.807, 2.05) is 30.5 Å². The normalized spacial score (nSPS) is 11.2. The lowest BCUT2D eigenvalue weighted by Crippen LogP contribution is -2.33. The number of hydrogen-bond acceptors (Lipinski definition) is 6. The number of thioether (sulfide) groups is 1. The molecule has 3 heterocycles. The highest BCUT2D eigenvalue weighted by Crippen LogP contribution is 2.28. The third-order valence-corrected chi connectivity index (χ3v) is 5.20. The molecule has 0 saturated heterocycles. The Bertz CT molecular complexity index is 1140. The summed E-state index contributed by atoms with van der Waals surface area (Å²) in [5, 5.41) is 3.17. The fourth-order valence-corrected chi connectivity index (χ4v) is 3.96. The summed E-state index contributed by atoms with van der Waals surface area (Å²) in [6.45, 7) is 0. The van der Waals surface area contributed by atoms with Gasteiger partial charge in [-0.25, -0.2) is 9.66 Å². The smallest absolute Gasteiger partial charge is 0.306 e. The number of fused-ring (bicyclic) bond motifs is 2. The number of benzene rings is 1. The molecule has 4 rings (SSSR count). The van der Waals surface area contributed by atoms with Gasteiger partial charge in [0.1, 0.15) is 16.7 Å². The van der Waals surface area contributed by atoms with Crippen molar-refractivity contribution in [2.75, 3.05) is 11.7 Å². The van der Waals surface area contributed by atoms with Gasteiger partial charge in [0.2, 0.25) is 0 Å². The second kappa shape index (κ2) is 6.38. The van der Waals surface area contributed by atoms with E-state index in [0.29, 0.717) is 21.6 Å². The Morgan fingerprint density at radius 3 is 3.00 bits per heavy atom. The second-order valence-electron chi connectivity index (χ2n) is 5.34. The first-order valence-electron chi connectivity index (χ1n) is 7.44. The maximum absolute atomic E-state index is 12.7. The Kier molecular flexibility index (Phi) is 4.06. The fourth-order valence-electron chi connectivity index (χ4n) is 2.67. The molecule has 0 bridgehead atoms. The van der Waals surface area contributed by atoms with Gasteiger partial charge in [-0.3, -0.25) is 15.0 Å². The number of furan rings is 1. The van der Waals surface area contributed by atoms with E-state index in [1.165, 1.54) is 17.7 Å². The van der Waals surface area contributed by atoms with Crippen molar-refractivity contribution in [2.24, 2.45) is 0 Å². The van der Waals surface area contributed by atoms with Crippen molar-refractivity contribution in [3.8, 4) is 0 Å². The van der Waals surface area contributed by atoms with Gasteiger partial charge < -0.3 is 4.42 Å². The number of para-hydroxylation sites is 1. The zero-order chi connectivity index (χ0) is 17.4. The van der Waals surface area contributed by atoms with Crippen molar-refractivity contribution in [3.63, 3.8) is 0 Å². The van der Waals surface area contributed by atoms with Crippen molar-refractivity contribution in [1.82, 2.24) is 9.66 Å². The molecule has 0 unspecified atom stereocenters. The van der Waals surface area contributed by atoms with Crippen LogP contribution in [0.15, 0.2) is 51.3 Å². The highest BCUT2D eigenvalue weighted by molar-refractivity contribution is 7.97. The molecule has 1 aromatic carbocycles. The van der Waals surface area contributed by atoms with Crippen LogP contribution in [-0.4, -0.2) is 21.8 Å². The van der Waals surface area contributed by atoms with E-state index in [-0.39, 0.29) is 11.3 Å². The van der Waals surface area contributed by atoms with Gasteiger partial charge in [0, 0.05) is 16.7 Å². The number of amides is 1. The minimum atomic E-state index is -0.473. The molecule has 0 spiro atoms. The van der Waals surface area contributed by atoms with Crippen LogP contribution < -0.4 is 11.0 Å². The first kappa shape index (κ1) is 15.9. The summed E-state index contributed by atoms with van der Waals surface area (Å²) in [6, 6.07) is 9.20. The lowest BCUT2D eigenvalue weighted by molar-refractivity contribution is 0.0982. The standard InChI is InChI=1S/C17H13N3O3S2/c1-24-8-12-10-4-2-3-5-13(10)23-14(12)15(21)19-20-9-18-16-11(17(20)22)6-7-25-16/h2-7,9H,8H2,1H3,(H,19,21). The SMILES string of the molecule is CSCc1c(C(=O)Nn2cnc3sccc3c2=O)oc2ccccc12. The van der Waals surface area contributed by atoms with Crippen molar-refractivity contribution < 1.29 is 9.21 Å². The summed E-state index contributed by atoms with van der Waals surface area (Å²) in [4.78, 5) is 29.9. The lowest BCUT2D eigenvalue weighted by Gasteiger charge is -2.07. The van der Waals surface area contributed by atoms with E-state index in [9.17, 15) is 9.59 Å². The lowest BCUT2D eigenvalue weighted by atomic mass is 10.1. The van der Waals surface area contributed by atoms with E-state index in [0.717, 1.165) is 15.6 Å². The number of nitrogens with zero attached hydrogens (tertiary/aromatic N) is 2. The number of nitrogens with one attached hydrogen (secondary N) is 1. The largest absolute Gasteiger partial charge is 0.451 e. The van der Waals surface area contributed by atoms with Gasteiger partial charge >= 0.3 is 5.91 Å². The van der Waals surface area contributed by atoms with Crippen molar-refractivity contribution >= 4 is 50.2 Å². The molecule has 0 aliphatic rings. The molecule has 8 heteroatoms. The Balaban J connectivity index is 1.75. The number of aromatic nitrogens is 2. The van der Waals surface area contributed by atoms with Crippen LogP contribution in [0.4, 0.5) is 0 Å². The third kappa shape index (κ3) is 2.73. The predicted molar refractivity (Wildman–Crippen MR) is 101 cm³/mol. The summed E-state index contributed by atoms with van der Waals surface area (Å²) in [5.41, 5.74) is 3.72. The number of rotatable bonds is 4. The summed E-state index contributed by atoms with van der Waals surface area (Å²) < 4.78 is 6.83. The molecule has 1 amide bonds. The van der Waals surface area contributed by atoms with Crippen LogP contribution in [-0.2, 0) is 5.75 Å². The highest BCUT2D eigenvalue weighted by atomic mass is 32.2. The van der Waals surface area contributed by atoms with Gasteiger partial charge in [0.15, 0.2) is 5.76 Å². The van der Waals surface area contributed by atoms with Crippen molar-refractivity contribution in [3.05, 3.63) is 63.7 Å². The quantitative estimate of drug-likeness (QED) is 0.594. The summed E-state index contributed by atoms with van der Waals surface area (Å²) in [7, 11) is 0. The van der Waals surface area contributed by atoms with E-state index in [2.05, 4.69) is 10.4 Å². The average molecular weight is 371 g/mol. The van der Waals surface area contributed by atoms with Crippen LogP contribution in [0.25, 0.3) is 21.2 Å². The van der Waals surface area contributed by atoms with Gasteiger partial charge in [-0.2, -0.15) is 11.8 Å². The molecule has 126 valence electrons. The average Bonchev–Trinajstić information content (AvgIpc) is 3.23. The van der Waals surface area contributed by atoms with Gasteiger partial charge in [-0.05, 0) is 23.8 Å². The molecular weight excluding hydrogens is 358 g/mol. The molecule has 0 aliphatic heterocycles. The van der Waals surface area contributed by atoms with Crippen LogP contribution in [0.1, 0.15) is 16.1 Å². The fraction of sp³-hybridized carbons (Fsp3) is 0.118. The number of carbonyl (C=O) groups excluding carboxylic acids is 1. The topological polar surface area (TPSA) is 77.1 Å². The van der Waals surface area contributed by atoms with Gasteiger partial charge in [0.05, 0.1) is 5.39 Å².